The summed E-state index contributed by atoms with van der Waals surface area (Å²) < 4.78 is 2.22. The Morgan fingerprint density at radius 2 is 1.05 bits per heavy atom. The Morgan fingerprint density at radius 3 is 1.63 bits per heavy atom. The average Bonchev–Trinajstić information content (AvgIpc) is 3.42. The minimum absolute atomic E-state index is 0.933. The van der Waals surface area contributed by atoms with Crippen LogP contribution in [0.15, 0.2) is 134 Å². The Kier molecular flexibility index (Phi) is 5.16. The number of benzene rings is 6. The van der Waals surface area contributed by atoms with Crippen molar-refractivity contribution in [3.05, 3.63) is 146 Å². The average molecular weight is 523 g/mol. The number of imidazole rings is 1. The van der Waals surface area contributed by atoms with Gasteiger partial charge in [0.2, 0.25) is 0 Å². The highest BCUT2D eigenvalue weighted by Gasteiger charge is 2.19. The maximum Gasteiger partial charge on any atom is 0.146 e. The minimum atomic E-state index is 0.933. The van der Waals surface area contributed by atoms with Crippen LogP contribution in [0, 0.1) is 0 Å². The Hall–Kier alpha value is -5.47. The molecule has 0 aliphatic carbocycles. The van der Waals surface area contributed by atoms with E-state index in [-0.39, 0.29) is 0 Å². The molecule has 0 spiro atoms. The Bertz CT molecular complexity index is 2280. The highest BCUT2D eigenvalue weighted by Crippen LogP contribution is 2.44. The summed E-state index contributed by atoms with van der Waals surface area (Å²) in [5.41, 5.74) is 9.91. The van der Waals surface area contributed by atoms with E-state index in [0.717, 1.165) is 44.3 Å². The van der Waals surface area contributed by atoms with Gasteiger partial charge >= 0.3 is 0 Å². The molecule has 0 saturated heterocycles. The number of pyridine rings is 1. The molecule has 0 unspecified atom stereocenters. The highest BCUT2D eigenvalue weighted by atomic mass is 15.0. The first-order valence-electron chi connectivity index (χ1n) is 13.9. The van der Waals surface area contributed by atoms with Crippen molar-refractivity contribution in [1.29, 1.82) is 0 Å². The van der Waals surface area contributed by atoms with Crippen molar-refractivity contribution in [1.82, 2.24) is 9.38 Å². The number of fused-ring (bicyclic) bond motifs is 7. The number of hydrogen-bond acceptors (Lipinski definition) is 1. The predicted octanol–water partition coefficient (Wildman–Crippen LogP) is 10.6. The van der Waals surface area contributed by atoms with Crippen LogP contribution in [-0.2, 0) is 0 Å². The normalized spacial score (nSPS) is 11.6. The first-order valence-corrected chi connectivity index (χ1v) is 13.9. The Labute approximate surface area is 238 Å². The number of rotatable bonds is 4. The lowest BCUT2D eigenvalue weighted by Gasteiger charge is -2.17. The van der Waals surface area contributed by atoms with Gasteiger partial charge in [0.05, 0.1) is 16.7 Å². The van der Waals surface area contributed by atoms with E-state index < -0.39 is 0 Å². The maximum atomic E-state index is 5.22. The van der Waals surface area contributed by atoms with Gasteiger partial charge < -0.3 is 0 Å². The number of nitrogens with zero attached hydrogens (tertiary/aromatic N) is 2. The van der Waals surface area contributed by atoms with E-state index in [1.807, 2.05) is 12.2 Å². The van der Waals surface area contributed by atoms with Crippen LogP contribution in [0.2, 0.25) is 0 Å². The molecule has 8 rings (SSSR count). The Morgan fingerprint density at radius 1 is 0.512 bits per heavy atom. The molecule has 0 aliphatic heterocycles. The lowest BCUT2D eigenvalue weighted by Crippen LogP contribution is -1.97. The summed E-state index contributed by atoms with van der Waals surface area (Å²) in [6.07, 6.45) is 3.83. The number of aromatic nitrogens is 2. The third-order valence-corrected chi connectivity index (χ3v) is 8.31. The van der Waals surface area contributed by atoms with Crippen LogP contribution in [0.1, 0.15) is 11.3 Å². The third kappa shape index (κ3) is 3.34. The van der Waals surface area contributed by atoms with E-state index in [0.29, 0.717) is 0 Å². The molecule has 0 saturated carbocycles. The quantitative estimate of drug-likeness (QED) is 0.210. The summed E-state index contributed by atoms with van der Waals surface area (Å²) in [5, 5.41) is 7.21. The molecule has 2 heteroatoms. The summed E-state index contributed by atoms with van der Waals surface area (Å²) in [5.74, 6) is 0. The lowest BCUT2D eigenvalue weighted by atomic mass is 9.86. The third-order valence-electron chi connectivity index (χ3n) is 8.31. The van der Waals surface area contributed by atoms with Crippen LogP contribution >= 0.6 is 0 Å². The summed E-state index contributed by atoms with van der Waals surface area (Å²) in [6, 6.07) is 43.3. The summed E-state index contributed by atoms with van der Waals surface area (Å²) >= 11 is 0. The first kappa shape index (κ1) is 23.4. The van der Waals surface area contributed by atoms with Gasteiger partial charge in [-0.25, -0.2) is 4.98 Å². The largest absolute Gasteiger partial charge is 0.292 e. The molecule has 2 nitrogen and oxygen atoms in total. The molecule has 0 N–H and O–H groups in total. The van der Waals surface area contributed by atoms with Crippen LogP contribution < -0.4 is 0 Å². The van der Waals surface area contributed by atoms with E-state index in [1.54, 1.807) is 0 Å². The zero-order chi connectivity index (χ0) is 27.5. The molecule has 0 atom stereocenters. The molecule has 0 radical (unpaired) electrons. The molecule has 8 aromatic rings. The molecule has 0 fully saturated rings. The topological polar surface area (TPSA) is 17.3 Å². The highest BCUT2D eigenvalue weighted by molar-refractivity contribution is 6.21. The summed E-state index contributed by atoms with van der Waals surface area (Å²) in [7, 11) is 0. The van der Waals surface area contributed by atoms with Crippen molar-refractivity contribution in [2.45, 2.75) is 0 Å². The van der Waals surface area contributed by atoms with Gasteiger partial charge in [0.25, 0.3) is 0 Å². The van der Waals surface area contributed by atoms with Gasteiger partial charge in [-0.2, -0.15) is 0 Å². The lowest BCUT2D eigenvalue weighted by molar-refractivity contribution is 1.21. The molecule has 2 aromatic heterocycles. The molecule has 192 valence electrons. The van der Waals surface area contributed by atoms with Gasteiger partial charge in [-0.15, -0.1) is 0 Å². The number of hydrogen-bond donors (Lipinski definition) is 0. The maximum absolute atomic E-state index is 5.22. The zero-order valence-corrected chi connectivity index (χ0v) is 22.5. The van der Waals surface area contributed by atoms with E-state index in [1.165, 1.54) is 38.2 Å². The molecule has 41 heavy (non-hydrogen) atoms. The second-order valence-corrected chi connectivity index (χ2v) is 10.4. The van der Waals surface area contributed by atoms with Crippen LogP contribution in [0.4, 0.5) is 0 Å². The van der Waals surface area contributed by atoms with Crippen LogP contribution in [0.5, 0.6) is 0 Å². The van der Waals surface area contributed by atoms with Crippen LogP contribution in [0.3, 0.4) is 0 Å². The fourth-order valence-electron chi connectivity index (χ4n) is 6.60. The molecular formula is C39H26N2. The molecular weight excluding hydrogens is 496 g/mol. The minimum Gasteiger partial charge on any atom is -0.292 e. The summed E-state index contributed by atoms with van der Waals surface area (Å²) in [4.78, 5) is 5.22. The zero-order valence-electron chi connectivity index (χ0n) is 22.5. The fourth-order valence-corrected chi connectivity index (χ4v) is 6.60. The first-order chi connectivity index (χ1) is 20.3. The Balaban J connectivity index is 1.49. The van der Waals surface area contributed by atoms with Crippen molar-refractivity contribution < 1.29 is 0 Å². The van der Waals surface area contributed by atoms with E-state index in [9.17, 15) is 0 Å². The predicted molar refractivity (Wildman–Crippen MR) is 176 cm³/mol. The van der Waals surface area contributed by atoms with Gasteiger partial charge in [0.1, 0.15) is 5.65 Å². The van der Waals surface area contributed by atoms with E-state index in [4.69, 9.17) is 4.98 Å². The van der Waals surface area contributed by atoms with Crippen molar-refractivity contribution in [3.8, 4) is 22.3 Å². The van der Waals surface area contributed by atoms with Crippen LogP contribution in [0.25, 0.3) is 83.4 Å². The van der Waals surface area contributed by atoms with Gasteiger partial charge in [-0.3, -0.25) is 4.40 Å². The van der Waals surface area contributed by atoms with Gasteiger partial charge in [0, 0.05) is 10.9 Å². The molecule has 0 amide bonds. The van der Waals surface area contributed by atoms with Crippen molar-refractivity contribution in [2.24, 2.45) is 0 Å². The van der Waals surface area contributed by atoms with Crippen LogP contribution in [-0.4, -0.2) is 9.38 Å². The second kappa shape index (κ2) is 9.04. The molecule has 0 aliphatic rings. The second-order valence-electron chi connectivity index (χ2n) is 10.4. The van der Waals surface area contributed by atoms with E-state index in [2.05, 4.69) is 139 Å². The van der Waals surface area contributed by atoms with Gasteiger partial charge in [-0.05, 0) is 67.4 Å². The standard InChI is InChI=1S/C39H26N2/c1-3-27-28-16-8-13-21-33(28)39-40-34-24-26(22-23-36(34)41(39)35(27)4-2)38-31-19-11-9-17-29(31)37(25-14-6-5-7-15-25)30-18-10-12-20-32(30)38/h3-24H,1-2H2. The monoisotopic (exact) mass is 522 g/mol. The van der Waals surface area contributed by atoms with E-state index >= 15 is 0 Å². The van der Waals surface area contributed by atoms with Crippen molar-refractivity contribution >= 4 is 61.1 Å². The fraction of sp³-hybridized carbons (Fsp3) is 0. The van der Waals surface area contributed by atoms with Crippen molar-refractivity contribution in [3.63, 3.8) is 0 Å². The molecule has 0 bridgehead atoms. The van der Waals surface area contributed by atoms with Crippen molar-refractivity contribution in [2.75, 3.05) is 0 Å². The molecule has 2 heterocycles. The smallest absolute Gasteiger partial charge is 0.146 e. The van der Waals surface area contributed by atoms with Gasteiger partial charge in [-0.1, -0.05) is 128 Å². The molecule has 6 aromatic carbocycles. The van der Waals surface area contributed by atoms with Gasteiger partial charge in [0.15, 0.2) is 0 Å². The SMILES string of the molecule is C=Cc1c(C=C)n2c3ccc(-c4c5ccccc5c(-c5ccccc5)c5ccccc45)cc3nc2c2ccccc12. The summed E-state index contributed by atoms with van der Waals surface area (Å²) in [6.45, 7) is 8.27.